The molecule has 0 aliphatic carbocycles. The Hall–Kier alpha value is -2.12. The normalized spacial score (nSPS) is 11.3. The molecule has 0 bridgehead atoms. The Bertz CT molecular complexity index is 960. The molecule has 1 heterocycles. The lowest BCUT2D eigenvalue weighted by Gasteiger charge is -2.10. The number of benzene rings is 3. The van der Waals surface area contributed by atoms with E-state index >= 15 is 0 Å². The molecule has 4 rings (SSSR count). The van der Waals surface area contributed by atoms with Crippen molar-refractivity contribution in [3.05, 3.63) is 71.8 Å². The van der Waals surface area contributed by atoms with Crippen LogP contribution in [0.3, 0.4) is 0 Å². The number of rotatable bonds is 1. The van der Waals surface area contributed by atoms with Crippen LogP contribution in [0, 0.1) is 13.8 Å². The summed E-state index contributed by atoms with van der Waals surface area (Å²) < 4.78 is 2.78. The lowest BCUT2D eigenvalue weighted by Crippen LogP contribution is -1.86. The fraction of sp³-hybridized carbons (Fsp3) is 0.100. The van der Waals surface area contributed by atoms with E-state index in [-0.39, 0.29) is 0 Å². The van der Waals surface area contributed by atoms with Crippen LogP contribution in [0.15, 0.2) is 60.7 Å². The minimum atomic E-state index is 1.34. The van der Waals surface area contributed by atoms with Gasteiger partial charge in [0.25, 0.3) is 0 Å². The first kappa shape index (κ1) is 12.6. The van der Waals surface area contributed by atoms with E-state index in [1.807, 2.05) is 11.3 Å². The maximum atomic E-state index is 2.27. The second-order valence-electron chi connectivity index (χ2n) is 5.55. The van der Waals surface area contributed by atoms with Gasteiger partial charge in [-0.3, -0.25) is 0 Å². The number of aryl methyl sites for hydroxylation is 2. The summed E-state index contributed by atoms with van der Waals surface area (Å²) in [6, 6.07) is 21.9. The van der Waals surface area contributed by atoms with E-state index in [1.54, 1.807) is 0 Å². The SMILES string of the molecule is Cc1ccccc1-c1c(C)ccc2c1sc1ccccc12. The number of hydrogen-bond acceptors (Lipinski definition) is 1. The Morgan fingerprint density at radius 1 is 0.667 bits per heavy atom. The van der Waals surface area contributed by atoms with Crippen molar-refractivity contribution < 1.29 is 0 Å². The lowest BCUT2D eigenvalue weighted by atomic mass is 9.95. The van der Waals surface area contributed by atoms with Gasteiger partial charge in [0.1, 0.15) is 0 Å². The first-order valence-electron chi connectivity index (χ1n) is 7.22. The standard InChI is InChI=1S/C20H16S/c1-13-7-3-4-8-15(13)19-14(2)11-12-17-16-9-5-6-10-18(16)21-20(17)19/h3-12H,1-2H3. The topological polar surface area (TPSA) is 0 Å². The Balaban J connectivity index is 2.18. The third-order valence-electron chi connectivity index (χ3n) is 4.17. The second kappa shape index (κ2) is 4.71. The Kier molecular flexibility index (Phi) is 2.83. The van der Waals surface area contributed by atoms with Gasteiger partial charge in [-0.05, 0) is 36.6 Å². The smallest absolute Gasteiger partial charge is 0.0436 e. The van der Waals surface area contributed by atoms with Gasteiger partial charge >= 0.3 is 0 Å². The van der Waals surface area contributed by atoms with E-state index in [1.165, 1.54) is 42.4 Å². The molecule has 0 spiro atoms. The summed E-state index contributed by atoms with van der Waals surface area (Å²) in [7, 11) is 0. The molecular weight excluding hydrogens is 272 g/mol. The highest BCUT2D eigenvalue weighted by Gasteiger charge is 2.13. The molecule has 0 aliphatic rings. The fourth-order valence-electron chi connectivity index (χ4n) is 3.08. The molecule has 0 aliphatic heterocycles. The van der Waals surface area contributed by atoms with Crippen LogP contribution in [0.25, 0.3) is 31.3 Å². The van der Waals surface area contributed by atoms with Crippen molar-refractivity contribution in [2.75, 3.05) is 0 Å². The highest BCUT2D eigenvalue weighted by Crippen LogP contribution is 2.42. The summed E-state index contributed by atoms with van der Waals surface area (Å²) in [4.78, 5) is 0. The Morgan fingerprint density at radius 2 is 1.43 bits per heavy atom. The van der Waals surface area contributed by atoms with Crippen LogP contribution in [-0.2, 0) is 0 Å². The molecule has 0 radical (unpaired) electrons. The van der Waals surface area contributed by atoms with Crippen molar-refractivity contribution in [2.45, 2.75) is 13.8 Å². The van der Waals surface area contributed by atoms with E-state index < -0.39 is 0 Å². The summed E-state index contributed by atoms with van der Waals surface area (Å²) in [6.07, 6.45) is 0. The predicted octanol–water partition coefficient (Wildman–Crippen LogP) is 6.34. The van der Waals surface area contributed by atoms with Crippen molar-refractivity contribution in [1.82, 2.24) is 0 Å². The van der Waals surface area contributed by atoms with Crippen LogP contribution in [0.1, 0.15) is 11.1 Å². The van der Waals surface area contributed by atoms with Crippen LogP contribution in [-0.4, -0.2) is 0 Å². The maximum Gasteiger partial charge on any atom is 0.0436 e. The van der Waals surface area contributed by atoms with Gasteiger partial charge in [0.05, 0.1) is 0 Å². The maximum absolute atomic E-state index is 2.27. The zero-order valence-corrected chi connectivity index (χ0v) is 13.0. The first-order valence-corrected chi connectivity index (χ1v) is 8.04. The average Bonchev–Trinajstić information content (AvgIpc) is 2.87. The molecule has 3 aromatic carbocycles. The molecule has 0 nitrogen and oxygen atoms in total. The monoisotopic (exact) mass is 288 g/mol. The van der Waals surface area contributed by atoms with Crippen molar-refractivity contribution in [2.24, 2.45) is 0 Å². The summed E-state index contributed by atoms with van der Waals surface area (Å²) >= 11 is 1.91. The molecule has 0 amide bonds. The molecular formula is C20H16S. The number of fused-ring (bicyclic) bond motifs is 3. The fourth-order valence-corrected chi connectivity index (χ4v) is 4.39. The van der Waals surface area contributed by atoms with Gasteiger partial charge in [-0.25, -0.2) is 0 Å². The molecule has 1 heteroatoms. The Morgan fingerprint density at radius 3 is 2.29 bits per heavy atom. The van der Waals surface area contributed by atoms with Crippen molar-refractivity contribution in [3.63, 3.8) is 0 Å². The van der Waals surface area contributed by atoms with Gasteiger partial charge in [-0.15, -0.1) is 11.3 Å². The molecule has 0 saturated heterocycles. The van der Waals surface area contributed by atoms with E-state index in [0.29, 0.717) is 0 Å². The predicted molar refractivity (Wildman–Crippen MR) is 94.2 cm³/mol. The van der Waals surface area contributed by atoms with Crippen LogP contribution >= 0.6 is 11.3 Å². The summed E-state index contributed by atoms with van der Waals surface area (Å²) in [5.41, 5.74) is 5.44. The van der Waals surface area contributed by atoms with Gasteiger partial charge in [-0.2, -0.15) is 0 Å². The van der Waals surface area contributed by atoms with E-state index in [4.69, 9.17) is 0 Å². The highest BCUT2D eigenvalue weighted by molar-refractivity contribution is 7.26. The molecule has 0 unspecified atom stereocenters. The average molecular weight is 288 g/mol. The first-order chi connectivity index (χ1) is 10.3. The van der Waals surface area contributed by atoms with E-state index in [9.17, 15) is 0 Å². The molecule has 21 heavy (non-hydrogen) atoms. The Labute approximate surface area is 128 Å². The minimum absolute atomic E-state index is 1.34. The zero-order chi connectivity index (χ0) is 14.4. The van der Waals surface area contributed by atoms with Gasteiger partial charge in [0.2, 0.25) is 0 Å². The van der Waals surface area contributed by atoms with Crippen LogP contribution in [0.2, 0.25) is 0 Å². The lowest BCUT2D eigenvalue weighted by molar-refractivity contribution is 1.43. The summed E-state index contributed by atoms with van der Waals surface area (Å²) in [6.45, 7) is 4.41. The van der Waals surface area contributed by atoms with Gasteiger partial charge < -0.3 is 0 Å². The summed E-state index contributed by atoms with van der Waals surface area (Å²) in [5, 5.41) is 2.74. The van der Waals surface area contributed by atoms with E-state index in [2.05, 4.69) is 74.5 Å². The van der Waals surface area contributed by atoms with Gasteiger partial charge in [0, 0.05) is 25.7 Å². The molecule has 1 aromatic heterocycles. The van der Waals surface area contributed by atoms with Crippen LogP contribution < -0.4 is 0 Å². The van der Waals surface area contributed by atoms with Crippen molar-refractivity contribution in [1.29, 1.82) is 0 Å². The molecule has 0 atom stereocenters. The van der Waals surface area contributed by atoms with Crippen LogP contribution in [0.4, 0.5) is 0 Å². The van der Waals surface area contributed by atoms with Gasteiger partial charge in [-0.1, -0.05) is 54.6 Å². The zero-order valence-electron chi connectivity index (χ0n) is 12.2. The number of thiophene rings is 1. The molecule has 0 saturated carbocycles. The minimum Gasteiger partial charge on any atom is -0.135 e. The van der Waals surface area contributed by atoms with Gasteiger partial charge in [0.15, 0.2) is 0 Å². The van der Waals surface area contributed by atoms with Crippen molar-refractivity contribution >= 4 is 31.5 Å². The molecule has 4 aromatic rings. The number of hydrogen-bond donors (Lipinski definition) is 0. The third kappa shape index (κ3) is 1.89. The molecule has 0 N–H and O–H groups in total. The van der Waals surface area contributed by atoms with Crippen molar-refractivity contribution in [3.8, 4) is 11.1 Å². The highest BCUT2D eigenvalue weighted by atomic mass is 32.1. The van der Waals surface area contributed by atoms with Crippen LogP contribution in [0.5, 0.6) is 0 Å². The largest absolute Gasteiger partial charge is 0.135 e. The molecule has 102 valence electrons. The van der Waals surface area contributed by atoms with E-state index in [0.717, 1.165) is 0 Å². The molecule has 0 fully saturated rings. The third-order valence-corrected chi connectivity index (χ3v) is 5.37. The second-order valence-corrected chi connectivity index (χ2v) is 6.60. The quantitative estimate of drug-likeness (QED) is 0.383. The summed E-state index contributed by atoms with van der Waals surface area (Å²) in [5.74, 6) is 0.